The molecule has 1 spiro atoms. The van der Waals surface area contributed by atoms with E-state index in [4.69, 9.17) is 4.74 Å². The van der Waals surface area contributed by atoms with Gasteiger partial charge in [-0.1, -0.05) is 6.07 Å². The van der Waals surface area contributed by atoms with Crippen molar-refractivity contribution in [2.75, 3.05) is 7.11 Å². The number of aromatic amines is 1. The van der Waals surface area contributed by atoms with Crippen molar-refractivity contribution >= 4 is 22.3 Å². The molecule has 2 aromatic rings. The lowest BCUT2D eigenvalue weighted by Crippen LogP contribution is -2.51. The molecule has 0 saturated carbocycles. The fourth-order valence-electron chi connectivity index (χ4n) is 6.58. The predicted octanol–water partition coefficient (Wildman–Crippen LogP) is -3.35. The van der Waals surface area contributed by atoms with E-state index in [0.717, 1.165) is 13.2 Å². The van der Waals surface area contributed by atoms with Crippen molar-refractivity contribution in [3.63, 3.8) is 0 Å². The molecule has 14 nitrogen and oxygen atoms in total. The first-order valence-corrected chi connectivity index (χ1v) is 13.4. The third kappa shape index (κ3) is 3.53. The zero-order valence-corrected chi connectivity index (χ0v) is 23.0. The number of fused-ring (bicyclic) bond motifs is 4. The molecule has 0 fully saturated rings. The number of phenolic OH excluding ortho intramolecular Hbond substituents is 1. The van der Waals surface area contributed by atoms with Crippen LogP contribution in [-0.4, -0.2) is 66.2 Å². The topological polar surface area (TPSA) is 252 Å². The summed E-state index contributed by atoms with van der Waals surface area (Å²) in [7, 11) is 1.09. The van der Waals surface area contributed by atoms with Crippen molar-refractivity contribution in [2.24, 2.45) is 0 Å². The molecular weight excluding hydrogens is 582 g/mol. The van der Waals surface area contributed by atoms with Gasteiger partial charge >= 0.3 is 0 Å². The van der Waals surface area contributed by atoms with Crippen molar-refractivity contribution in [1.82, 2.24) is 4.98 Å². The number of aliphatic hydroxyl groups excluding tert-OH is 6. The van der Waals surface area contributed by atoms with Gasteiger partial charge in [-0.25, -0.2) is 0 Å². The molecule has 1 aromatic heterocycles. The Morgan fingerprint density at radius 1 is 0.818 bits per heavy atom. The van der Waals surface area contributed by atoms with Gasteiger partial charge in [-0.3, -0.25) is 24.0 Å². The summed E-state index contributed by atoms with van der Waals surface area (Å²) in [5.41, 5.74) is -7.67. The van der Waals surface area contributed by atoms with E-state index in [0.29, 0.717) is 0 Å². The first-order valence-electron chi connectivity index (χ1n) is 13.4. The molecule has 1 aromatic carbocycles. The third-order valence-electron chi connectivity index (χ3n) is 8.76. The van der Waals surface area contributed by atoms with Gasteiger partial charge in [-0.05, 0) is 36.8 Å². The summed E-state index contributed by atoms with van der Waals surface area (Å²) in [6, 6.07) is 3.38. The number of pyridine rings is 1. The lowest BCUT2D eigenvalue weighted by Gasteiger charge is -2.27. The minimum atomic E-state index is -2.08. The van der Waals surface area contributed by atoms with E-state index < -0.39 is 101 Å². The summed E-state index contributed by atoms with van der Waals surface area (Å²) >= 11 is 0. The van der Waals surface area contributed by atoms with Crippen LogP contribution in [-0.2, 0) is 11.8 Å². The van der Waals surface area contributed by atoms with Crippen LogP contribution in [0.3, 0.4) is 0 Å². The zero-order valence-electron chi connectivity index (χ0n) is 23.0. The van der Waals surface area contributed by atoms with Crippen molar-refractivity contribution < 1.29 is 40.5 Å². The van der Waals surface area contributed by atoms with Crippen LogP contribution in [0.25, 0.3) is 22.3 Å². The maximum Gasteiger partial charge on any atom is 0.259 e. The molecular formula is C30H25NO13. The molecule has 0 aliphatic heterocycles. The second-order valence-electron chi connectivity index (χ2n) is 11.1. The summed E-state index contributed by atoms with van der Waals surface area (Å²) in [6.07, 6.45) is -7.09. The average Bonchev–Trinajstić information content (AvgIpc) is 3.47. The second-order valence-corrected chi connectivity index (χ2v) is 11.1. The standard InChI is InChI=1S/C30H25NO13/c1-8(32)20(34)26(40)21(35)11-6-10-5-9-3-4-30(19(9)25(39)14(10)29(43)31-11)27(41)17-18(28(30)42)24(38)16-15(23(17)37)12(33)7-13(44-2)22(16)36/h5-8,20-21,26,32,34-35,39-42H,3-4H2,1-2H3,(H,31,43)/t8?,20?,21?,26?,30-/m1/s1. The number of rotatable bonds is 5. The molecule has 0 saturated heterocycles. The van der Waals surface area contributed by atoms with Crippen LogP contribution >= 0.6 is 0 Å². The number of phenols is 1. The molecule has 4 unspecified atom stereocenters. The van der Waals surface area contributed by atoms with Gasteiger partial charge in [-0.15, -0.1) is 0 Å². The van der Waals surface area contributed by atoms with Crippen LogP contribution in [0.4, 0.5) is 0 Å². The van der Waals surface area contributed by atoms with Crippen molar-refractivity contribution in [1.29, 1.82) is 0 Å². The highest BCUT2D eigenvalue weighted by Gasteiger charge is 2.53. The third-order valence-corrected chi connectivity index (χ3v) is 8.76. The van der Waals surface area contributed by atoms with Crippen molar-refractivity contribution in [3.8, 4) is 11.5 Å². The normalized spacial score (nSPS) is 20.2. The minimum Gasteiger partial charge on any atom is -0.510 e. The molecule has 44 heavy (non-hydrogen) atoms. The average molecular weight is 608 g/mol. The van der Waals surface area contributed by atoms with Gasteiger partial charge in [0.15, 0.2) is 11.2 Å². The summed E-state index contributed by atoms with van der Waals surface area (Å²) < 4.78 is 4.87. The van der Waals surface area contributed by atoms with Gasteiger partial charge in [0.25, 0.3) is 5.56 Å². The first kappa shape index (κ1) is 29.2. The Morgan fingerprint density at radius 3 is 2.02 bits per heavy atom. The maximum absolute atomic E-state index is 13.6. The first-order chi connectivity index (χ1) is 20.7. The summed E-state index contributed by atoms with van der Waals surface area (Å²) in [4.78, 5) is 68.3. The number of hydrogen-bond acceptors (Lipinski definition) is 13. The van der Waals surface area contributed by atoms with E-state index >= 15 is 0 Å². The van der Waals surface area contributed by atoms with Crippen LogP contribution in [0.15, 0.2) is 42.2 Å². The molecule has 14 heteroatoms. The van der Waals surface area contributed by atoms with Gasteiger partial charge in [-0.2, -0.15) is 0 Å². The minimum absolute atomic E-state index is 0.0321. The smallest absolute Gasteiger partial charge is 0.259 e. The van der Waals surface area contributed by atoms with E-state index in [1.165, 1.54) is 19.1 Å². The molecule has 1 heterocycles. The monoisotopic (exact) mass is 607 g/mol. The zero-order chi connectivity index (χ0) is 32.2. The Hall–Kier alpha value is -4.89. The Kier molecular flexibility index (Phi) is 6.34. The highest BCUT2D eigenvalue weighted by molar-refractivity contribution is 5.94. The highest BCUT2D eigenvalue weighted by Crippen LogP contribution is 2.54. The van der Waals surface area contributed by atoms with E-state index in [9.17, 15) is 59.7 Å². The van der Waals surface area contributed by atoms with Gasteiger partial charge < -0.3 is 45.5 Å². The Bertz CT molecular complexity index is 2410. The van der Waals surface area contributed by atoms with Crippen LogP contribution in [0.1, 0.15) is 36.3 Å². The number of H-pyrrole nitrogens is 1. The maximum atomic E-state index is 13.6. The van der Waals surface area contributed by atoms with E-state index in [1.54, 1.807) is 0 Å². The number of benzene rings is 1. The SMILES string of the molecule is COc1cc(=O)c2c(=O)c3c(c(=O)c=2c1=O)=C(O)[C@@]1(CCc2cc4cc(C(O)C(O)C(O)C(C)O)[nH]c(=O)c4c(O)c21)C=3O. The van der Waals surface area contributed by atoms with Crippen LogP contribution in [0, 0.1) is 10.4 Å². The van der Waals surface area contributed by atoms with Crippen molar-refractivity contribution in [2.45, 2.75) is 49.6 Å². The number of aliphatic hydroxyl groups is 6. The summed E-state index contributed by atoms with van der Waals surface area (Å²) in [6.45, 7) is 1.19. The van der Waals surface area contributed by atoms with Crippen LogP contribution in [0.5, 0.6) is 11.5 Å². The van der Waals surface area contributed by atoms with Gasteiger partial charge in [0.05, 0.1) is 45.2 Å². The van der Waals surface area contributed by atoms with Crippen molar-refractivity contribution in [3.05, 3.63) is 107 Å². The Balaban J connectivity index is 1.65. The lowest BCUT2D eigenvalue weighted by atomic mass is 9.78. The molecule has 0 bridgehead atoms. The molecule has 5 atom stereocenters. The highest BCUT2D eigenvalue weighted by atomic mass is 16.5. The molecule has 8 N–H and O–H groups in total. The summed E-state index contributed by atoms with van der Waals surface area (Å²) in [5, 5.41) is 71.5. The quantitative estimate of drug-likeness (QED) is 0.111. The van der Waals surface area contributed by atoms with E-state index in [2.05, 4.69) is 4.98 Å². The molecule has 6 rings (SSSR count). The number of ether oxygens (including phenoxy) is 1. The number of aromatic hydroxyl groups is 1. The van der Waals surface area contributed by atoms with E-state index in [-0.39, 0.29) is 40.4 Å². The molecule has 4 aliphatic carbocycles. The number of aryl methyl sites for hydroxylation is 1. The fraction of sp³-hybridized carbons (Fsp3) is 0.300. The summed E-state index contributed by atoms with van der Waals surface area (Å²) in [5.74, 6) is -2.92. The number of nitrogens with one attached hydrogen (secondary N) is 1. The number of aromatic nitrogens is 1. The predicted molar refractivity (Wildman–Crippen MR) is 152 cm³/mol. The molecule has 4 aliphatic rings. The molecule has 0 radical (unpaired) electrons. The van der Waals surface area contributed by atoms with Crippen LogP contribution < -0.4 is 42.4 Å². The second kappa shape index (κ2) is 9.56. The van der Waals surface area contributed by atoms with Gasteiger partial charge in [0.1, 0.15) is 41.0 Å². The van der Waals surface area contributed by atoms with Gasteiger partial charge in [0.2, 0.25) is 16.3 Å². The van der Waals surface area contributed by atoms with Crippen LogP contribution in [0.2, 0.25) is 0 Å². The Labute approximate surface area is 243 Å². The lowest BCUT2D eigenvalue weighted by molar-refractivity contribution is -0.102. The number of methoxy groups -OCH3 is 1. The molecule has 0 amide bonds. The van der Waals surface area contributed by atoms with Gasteiger partial charge in [0, 0.05) is 11.6 Å². The molecule has 228 valence electrons. The Morgan fingerprint density at radius 2 is 1.43 bits per heavy atom. The fourth-order valence-corrected chi connectivity index (χ4v) is 6.58. The van der Waals surface area contributed by atoms with E-state index in [1.807, 2.05) is 0 Å². The largest absolute Gasteiger partial charge is 0.510 e. The number of hydrogen-bond donors (Lipinski definition) is 8.